The van der Waals surface area contributed by atoms with Crippen LogP contribution in [0.4, 0.5) is 10.5 Å². The first-order valence-electron chi connectivity index (χ1n) is 8.96. The van der Waals surface area contributed by atoms with Gasteiger partial charge in [-0.2, -0.15) is 0 Å². The third-order valence-electron chi connectivity index (χ3n) is 4.99. The summed E-state index contributed by atoms with van der Waals surface area (Å²) < 4.78 is 2.33. The van der Waals surface area contributed by atoms with Crippen LogP contribution >= 0.6 is 0 Å². The number of anilines is 1. The van der Waals surface area contributed by atoms with Crippen LogP contribution < -0.4 is 5.32 Å². The SMILES string of the molecule is CN1CCCCC1Cn1c(C(C)(C)C)nc2cc(NC(=O)O)ccc21. The number of rotatable bonds is 3. The summed E-state index contributed by atoms with van der Waals surface area (Å²) in [5, 5.41) is 11.3. The van der Waals surface area contributed by atoms with Gasteiger partial charge in [-0.25, -0.2) is 9.78 Å². The van der Waals surface area contributed by atoms with Gasteiger partial charge < -0.3 is 14.6 Å². The smallest absolute Gasteiger partial charge is 0.409 e. The molecule has 25 heavy (non-hydrogen) atoms. The van der Waals surface area contributed by atoms with E-state index in [0.717, 1.165) is 29.9 Å². The molecule has 1 atom stereocenters. The van der Waals surface area contributed by atoms with Crippen molar-refractivity contribution in [2.75, 3.05) is 18.9 Å². The highest BCUT2D eigenvalue weighted by molar-refractivity contribution is 5.88. The molecule has 0 spiro atoms. The summed E-state index contributed by atoms with van der Waals surface area (Å²) in [4.78, 5) is 18.2. The third-order valence-corrected chi connectivity index (χ3v) is 4.99. The second kappa shape index (κ2) is 6.67. The van der Waals surface area contributed by atoms with Crippen molar-refractivity contribution in [1.82, 2.24) is 14.5 Å². The number of benzene rings is 1. The number of aromatic nitrogens is 2. The number of hydrogen-bond donors (Lipinski definition) is 2. The van der Waals surface area contributed by atoms with Crippen molar-refractivity contribution >= 4 is 22.8 Å². The van der Waals surface area contributed by atoms with Crippen molar-refractivity contribution in [2.24, 2.45) is 0 Å². The lowest BCUT2D eigenvalue weighted by atomic mass is 9.95. The van der Waals surface area contributed by atoms with Gasteiger partial charge in [0.15, 0.2) is 0 Å². The highest BCUT2D eigenvalue weighted by atomic mass is 16.4. The second-order valence-corrected chi connectivity index (χ2v) is 8.06. The Morgan fingerprint density at radius 2 is 2.12 bits per heavy atom. The van der Waals surface area contributed by atoms with Gasteiger partial charge in [-0.05, 0) is 44.6 Å². The molecule has 3 rings (SSSR count). The first-order valence-corrected chi connectivity index (χ1v) is 8.96. The van der Waals surface area contributed by atoms with Gasteiger partial charge in [0.05, 0.1) is 11.0 Å². The number of hydrogen-bond acceptors (Lipinski definition) is 3. The van der Waals surface area contributed by atoms with Gasteiger partial charge >= 0.3 is 6.09 Å². The minimum atomic E-state index is -1.06. The molecule has 1 aromatic heterocycles. The molecule has 1 aromatic carbocycles. The summed E-state index contributed by atoms with van der Waals surface area (Å²) in [6.07, 6.45) is 2.70. The number of amides is 1. The minimum absolute atomic E-state index is 0.0767. The van der Waals surface area contributed by atoms with Crippen LogP contribution in [-0.2, 0) is 12.0 Å². The Morgan fingerprint density at radius 3 is 2.76 bits per heavy atom. The van der Waals surface area contributed by atoms with E-state index >= 15 is 0 Å². The Morgan fingerprint density at radius 1 is 1.36 bits per heavy atom. The third kappa shape index (κ3) is 3.79. The molecule has 1 aliphatic rings. The van der Waals surface area contributed by atoms with Gasteiger partial charge in [0.1, 0.15) is 5.82 Å². The molecule has 2 heterocycles. The summed E-state index contributed by atoms with van der Waals surface area (Å²) in [6, 6.07) is 6.13. The maximum absolute atomic E-state index is 10.9. The highest BCUT2D eigenvalue weighted by Crippen LogP contribution is 2.29. The molecule has 136 valence electrons. The Bertz CT molecular complexity index is 776. The van der Waals surface area contributed by atoms with Gasteiger partial charge in [0.25, 0.3) is 0 Å². The molecule has 0 radical (unpaired) electrons. The lowest BCUT2D eigenvalue weighted by molar-refractivity contribution is 0.166. The van der Waals surface area contributed by atoms with Crippen molar-refractivity contribution in [3.8, 4) is 0 Å². The molecule has 0 bridgehead atoms. The molecule has 1 aliphatic heterocycles. The van der Waals surface area contributed by atoms with Crippen LogP contribution in [0.15, 0.2) is 18.2 Å². The Kier molecular flexibility index (Phi) is 4.73. The van der Waals surface area contributed by atoms with E-state index < -0.39 is 6.09 Å². The summed E-state index contributed by atoms with van der Waals surface area (Å²) in [6.45, 7) is 8.59. The van der Waals surface area contributed by atoms with E-state index in [1.165, 1.54) is 19.3 Å². The van der Waals surface area contributed by atoms with Crippen LogP contribution in [0.5, 0.6) is 0 Å². The van der Waals surface area contributed by atoms with E-state index in [1.807, 2.05) is 18.2 Å². The topological polar surface area (TPSA) is 70.4 Å². The number of likely N-dealkylation sites (N-methyl/N-ethyl adjacent to an activating group) is 1. The van der Waals surface area contributed by atoms with Crippen LogP contribution in [0.2, 0.25) is 0 Å². The normalized spacial score (nSPS) is 19.3. The average molecular weight is 344 g/mol. The molecule has 0 aliphatic carbocycles. The molecule has 2 N–H and O–H groups in total. The molecule has 0 saturated carbocycles. The Balaban J connectivity index is 2.03. The average Bonchev–Trinajstić information content (AvgIpc) is 2.87. The monoisotopic (exact) mass is 344 g/mol. The fourth-order valence-electron chi connectivity index (χ4n) is 3.67. The lowest BCUT2D eigenvalue weighted by Gasteiger charge is -2.34. The van der Waals surface area contributed by atoms with Gasteiger partial charge in [-0.15, -0.1) is 0 Å². The van der Waals surface area contributed by atoms with Gasteiger partial charge in [-0.1, -0.05) is 27.2 Å². The Labute approximate surface area is 148 Å². The number of nitrogens with zero attached hydrogens (tertiary/aromatic N) is 3. The van der Waals surface area contributed by atoms with Crippen molar-refractivity contribution in [2.45, 2.75) is 58.0 Å². The van der Waals surface area contributed by atoms with Crippen LogP contribution in [-0.4, -0.2) is 45.3 Å². The molecular weight excluding hydrogens is 316 g/mol. The van der Waals surface area contributed by atoms with Crippen LogP contribution in [0, 0.1) is 0 Å². The molecule has 6 heteroatoms. The summed E-state index contributed by atoms with van der Waals surface area (Å²) in [7, 11) is 2.20. The predicted molar refractivity (Wildman–Crippen MR) is 100 cm³/mol. The Hall–Kier alpha value is -2.08. The highest BCUT2D eigenvalue weighted by Gasteiger charge is 2.26. The molecule has 6 nitrogen and oxygen atoms in total. The number of piperidine rings is 1. The zero-order valence-corrected chi connectivity index (χ0v) is 15.5. The summed E-state index contributed by atoms with van der Waals surface area (Å²) in [5.41, 5.74) is 2.39. The molecular formula is C19H28N4O2. The van der Waals surface area contributed by atoms with Gasteiger partial charge in [0.2, 0.25) is 0 Å². The standard InChI is InChI=1S/C19H28N4O2/c1-19(2,3)17-21-15-11-13(20-18(24)25)8-9-16(15)23(17)12-14-7-5-6-10-22(14)4/h8-9,11,14,20H,5-7,10,12H2,1-4H3,(H,24,25). The first-order chi connectivity index (χ1) is 11.8. The van der Waals surface area contributed by atoms with E-state index in [-0.39, 0.29) is 5.41 Å². The van der Waals surface area contributed by atoms with E-state index in [2.05, 4.69) is 42.6 Å². The number of fused-ring (bicyclic) bond motifs is 1. The number of carbonyl (C=O) groups is 1. The first kappa shape index (κ1) is 17.7. The zero-order valence-electron chi connectivity index (χ0n) is 15.5. The fourth-order valence-corrected chi connectivity index (χ4v) is 3.67. The number of likely N-dealkylation sites (tertiary alicyclic amines) is 1. The predicted octanol–water partition coefficient (Wildman–Crippen LogP) is 3.91. The zero-order chi connectivity index (χ0) is 18.2. The van der Waals surface area contributed by atoms with Gasteiger partial charge in [-0.3, -0.25) is 5.32 Å². The molecule has 1 fully saturated rings. The molecule has 2 aromatic rings. The molecule has 1 amide bonds. The van der Waals surface area contributed by atoms with E-state index in [4.69, 9.17) is 10.1 Å². The summed E-state index contributed by atoms with van der Waals surface area (Å²) in [5.74, 6) is 1.05. The van der Waals surface area contributed by atoms with Crippen molar-refractivity contribution in [3.05, 3.63) is 24.0 Å². The van der Waals surface area contributed by atoms with Crippen LogP contribution in [0.1, 0.15) is 45.9 Å². The van der Waals surface area contributed by atoms with Crippen molar-refractivity contribution < 1.29 is 9.90 Å². The maximum atomic E-state index is 10.9. The van der Waals surface area contributed by atoms with E-state index in [1.54, 1.807) is 0 Å². The largest absolute Gasteiger partial charge is 0.465 e. The number of carboxylic acid groups (broad SMARTS) is 1. The lowest BCUT2D eigenvalue weighted by Crippen LogP contribution is -2.40. The molecule has 1 unspecified atom stereocenters. The maximum Gasteiger partial charge on any atom is 0.409 e. The van der Waals surface area contributed by atoms with Crippen molar-refractivity contribution in [1.29, 1.82) is 0 Å². The van der Waals surface area contributed by atoms with Crippen LogP contribution in [0.3, 0.4) is 0 Å². The van der Waals surface area contributed by atoms with E-state index in [0.29, 0.717) is 11.7 Å². The number of imidazole rings is 1. The minimum Gasteiger partial charge on any atom is -0.465 e. The molecule has 1 saturated heterocycles. The van der Waals surface area contributed by atoms with Gasteiger partial charge in [0, 0.05) is 23.7 Å². The van der Waals surface area contributed by atoms with Crippen LogP contribution in [0.25, 0.3) is 11.0 Å². The number of nitrogens with one attached hydrogen (secondary N) is 1. The summed E-state index contributed by atoms with van der Waals surface area (Å²) >= 11 is 0. The fraction of sp³-hybridized carbons (Fsp3) is 0.579. The van der Waals surface area contributed by atoms with Crippen molar-refractivity contribution in [3.63, 3.8) is 0 Å². The quantitative estimate of drug-likeness (QED) is 0.886. The second-order valence-electron chi connectivity index (χ2n) is 8.06. The van der Waals surface area contributed by atoms with E-state index in [9.17, 15) is 4.79 Å².